The Morgan fingerprint density at radius 2 is 0.636 bits per heavy atom. The van der Waals surface area contributed by atoms with Crippen molar-refractivity contribution in [2.75, 3.05) is 26.4 Å². The molecule has 0 aromatic heterocycles. The SMILES string of the molecule is O=C(OCCCCCCCCCCCCO)c1ccc(-c2ccc(C(=O)OCCCCCCCCCCCCO)cc2)cc1. The van der Waals surface area contributed by atoms with Crippen LogP contribution in [0, 0.1) is 0 Å². The van der Waals surface area contributed by atoms with E-state index in [4.69, 9.17) is 19.7 Å². The Bertz CT molecular complexity index is 904. The van der Waals surface area contributed by atoms with Crippen LogP contribution in [0.2, 0.25) is 0 Å². The third-order valence-corrected chi connectivity index (χ3v) is 8.15. The third-order valence-electron chi connectivity index (χ3n) is 8.15. The minimum atomic E-state index is -0.289. The summed E-state index contributed by atoms with van der Waals surface area (Å²) in [6.45, 7) is 1.52. The maximum Gasteiger partial charge on any atom is 0.338 e. The lowest BCUT2D eigenvalue weighted by molar-refractivity contribution is 0.0488. The van der Waals surface area contributed by atoms with Gasteiger partial charge in [0.25, 0.3) is 0 Å². The molecule has 246 valence electrons. The molecule has 6 heteroatoms. The van der Waals surface area contributed by atoms with Crippen LogP contribution in [0.15, 0.2) is 48.5 Å². The summed E-state index contributed by atoms with van der Waals surface area (Å²) in [4.78, 5) is 24.9. The highest BCUT2D eigenvalue weighted by Gasteiger charge is 2.10. The average molecular weight is 611 g/mol. The largest absolute Gasteiger partial charge is 0.462 e. The number of aliphatic hydroxyl groups is 2. The molecule has 2 rings (SSSR count). The van der Waals surface area contributed by atoms with Gasteiger partial charge in [-0.2, -0.15) is 0 Å². The zero-order valence-corrected chi connectivity index (χ0v) is 27.1. The van der Waals surface area contributed by atoms with E-state index in [1.165, 1.54) is 77.0 Å². The first kappa shape index (κ1) is 37.5. The number of esters is 2. The molecule has 0 amide bonds. The highest BCUT2D eigenvalue weighted by Crippen LogP contribution is 2.21. The Morgan fingerprint density at radius 1 is 0.386 bits per heavy atom. The lowest BCUT2D eigenvalue weighted by atomic mass is 10.0. The van der Waals surface area contributed by atoms with Crippen LogP contribution in [0.25, 0.3) is 11.1 Å². The number of carbonyl (C=O) groups excluding carboxylic acids is 2. The fraction of sp³-hybridized carbons (Fsp3) is 0.632. The van der Waals surface area contributed by atoms with Gasteiger partial charge >= 0.3 is 11.9 Å². The topological polar surface area (TPSA) is 93.1 Å². The number of hydrogen-bond donors (Lipinski definition) is 2. The Morgan fingerprint density at radius 3 is 0.909 bits per heavy atom. The highest BCUT2D eigenvalue weighted by atomic mass is 16.5. The predicted octanol–water partition coefficient (Wildman–Crippen LogP) is 9.45. The summed E-state index contributed by atoms with van der Waals surface area (Å²) in [5.41, 5.74) is 3.04. The van der Waals surface area contributed by atoms with Crippen molar-refractivity contribution in [1.82, 2.24) is 0 Å². The number of carbonyl (C=O) groups is 2. The summed E-state index contributed by atoms with van der Waals surface area (Å²) in [5, 5.41) is 17.6. The Balaban J connectivity index is 1.55. The molecule has 0 saturated heterocycles. The van der Waals surface area contributed by atoms with E-state index in [0.29, 0.717) is 37.6 Å². The smallest absolute Gasteiger partial charge is 0.338 e. The Hall–Kier alpha value is -2.70. The number of hydrogen-bond acceptors (Lipinski definition) is 6. The average Bonchev–Trinajstić information content (AvgIpc) is 3.05. The summed E-state index contributed by atoms with van der Waals surface area (Å²) in [6, 6.07) is 14.8. The molecule has 2 N–H and O–H groups in total. The van der Waals surface area contributed by atoms with E-state index in [1.807, 2.05) is 24.3 Å². The van der Waals surface area contributed by atoms with Gasteiger partial charge in [-0.15, -0.1) is 0 Å². The lowest BCUT2D eigenvalue weighted by Crippen LogP contribution is -2.06. The molecule has 0 aliphatic rings. The van der Waals surface area contributed by atoms with Crippen LogP contribution in [0.4, 0.5) is 0 Å². The molecule has 0 bridgehead atoms. The molecule has 0 fully saturated rings. The summed E-state index contributed by atoms with van der Waals surface area (Å²) >= 11 is 0. The maximum absolute atomic E-state index is 12.4. The number of ether oxygens (including phenoxy) is 2. The van der Waals surface area contributed by atoms with E-state index in [0.717, 1.165) is 62.5 Å². The van der Waals surface area contributed by atoms with Crippen LogP contribution in [-0.4, -0.2) is 48.6 Å². The molecular weight excluding hydrogens is 552 g/mol. The van der Waals surface area contributed by atoms with Crippen LogP contribution >= 0.6 is 0 Å². The molecule has 0 aliphatic carbocycles. The highest BCUT2D eigenvalue weighted by molar-refractivity contribution is 5.91. The number of rotatable bonds is 27. The monoisotopic (exact) mass is 610 g/mol. The van der Waals surface area contributed by atoms with E-state index in [2.05, 4.69) is 0 Å². The van der Waals surface area contributed by atoms with Crippen LogP contribution in [0.5, 0.6) is 0 Å². The van der Waals surface area contributed by atoms with Gasteiger partial charge in [0, 0.05) is 13.2 Å². The van der Waals surface area contributed by atoms with E-state index in [1.54, 1.807) is 24.3 Å². The number of unbranched alkanes of at least 4 members (excludes halogenated alkanes) is 18. The van der Waals surface area contributed by atoms with E-state index in [-0.39, 0.29) is 11.9 Å². The van der Waals surface area contributed by atoms with Gasteiger partial charge in [0.1, 0.15) is 0 Å². The molecule has 0 spiro atoms. The quantitative estimate of drug-likeness (QED) is 0.0773. The van der Waals surface area contributed by atoms with Crippen LogP contribution < -0.4 is 0 Å². The van der Waals surface area contributed by atoms with Crippen molar-refractivity contribution < 1.29 is 29.3 Å². The summed E-state index contributed by atoms with van der Waals surface area (Å²) in [7, 11) is 0. The molecule has 0 unspecified atom stereocenters. The summed E-state index contributed by atoms with van der Waals surface area (Å²) in [5.74, 6) is -0.578. The second kappa shape index (κ2) is 25.6. The second-order valence-electron chi connectivity index (χ2n) is 11.9. The van der Waals surface area contributed by atoms with Crippen molar-refractivity contribution in [1.29, 1.82) is 0 Å². The first-order chi connectivity index (χ1) is 21.7. The summed E-state index contributed by atoms with van der Waals surface area (Å²) < 4.78 is 10.9. The molecule has 2 aromatic carbocycles. The molecular formula is C38H58O6. The van der Waals surface area contributed by atoms with Crippen molar-refractivity contribution in [2.24, 2.45) is 0 Å². The van der Waals surface area contributed by atoms with Crippen LogP contribution in [0.3, 0.4) is 0 Å². The minimum absolute atomic E-state index is 0.289. The first-order valence-electron chi connectivity index (χ1n) is 17.4. The van der Waals surface area contributed by atoms with E-state index < -0.39 is 0 Å². The van der Waals surface area contributed by atoms with Gasteiger partial charge in [-0.25, -0.2) is 9.59 Å². The van der Waals surface area contributed by atoms with E-state index in [9.17, 15) is 9.59 Å². The normalized spacial score (nSPS) is 11.0. The van der Waals surface area contributed by atoms with Crippen molar-refractivity contribution in [3.63, 3.8) is 0 Å². The fourth-order valence-electron chi connectivity index (χ4n) is 5.35. The van der Waals surface area contributed by atoms with Crippen molar-refractivity contribution in [2.45, 2.75) is 128 Å². The van der Waals surface area contributed by atoms with Gasteiger partial charge in [0.15, 0.2) is 0 Å². The third kappa shape index (κ3) is 17.6. The van der Waals surface area contributed by atoms with Gasteiger partial charge < -0.3 is 19.7 Å². The predicted molar refractivity (Wildman–Crippen MR) is 179 cm³/mol. The van der Waals surface area contributed by atoms with E-state index >= 15 is 0 Å². The van der Waals surface area contributed by atoms with Gasteiger partial charge in [-0.3, -0.25) is 0 Å². The van der Waals surface area contributed by atoms with Crippen LogP contribution in [-0.2, 0) is 9.47 Å². The van der Waals surface area contributed by atoms with Crippen molar-refractivity contribution in [3.05, 3.63) is 59.7 Å². The zero-order valence-electron chi connectivity index (χ0n) is 27.1. The second-order valence-corrected chi connectivity index (χ2v) is 11.9. The molecule has 0 aliphatic heterocycles. The van der Waals surface area contributed by atoms with Crippen molar-refractivity contribution >= 4 is 11.9 Å². The minimum Gasteiger partial charge on any atom is -0.462 e. The number of benzene rings is 2. The zero-order chi connectivity index (χ0) is 31.5. The Kier molecular flexibility index (Phi) is 21.8. The first-order valence-corrected chi connectivity index (χ1v) is 17.4. The molecule has 0 heterocycles. The summed E-state index contributed by atoms with van der Waals surface area (Å²) in [6.07, 6.45) is 22.9. The maximum atomic E-state index is 12.4. The van der Waals surface area contributed by atoms with Gasteiger partial charge in [0.2, 0.25) is 0 Å². The molecule has 0 saturated carbocycles. The fourth-order valence-corrected chi connectivity index (χ4v) is 5.35. The van der Waals surface area contributed by atoms with Gasteiger partial charge in [-0.05, 0) is 61.1 Å². The molecule has 0 radical (unpaired) electrons. The molecule has 44 heavy (non-hydrogen) atoms. The molecule has 0 atom stereocenters. The number of aliphatic hydroxyl groups excluding tert-OH is 2. The Labute approximate surface area is 266 Å². The van der Waals surface area contributed by atoms with Gasteiger partial charge in [-0.1, -0.05) is 127 Å². The van der Waals surface area contributed by atoms with Crippen LogP contribution in [0.1, 0.15) is 149 Å². The van der Waals surface area contributed by atoms with Crippen molar-refractivity contribution in [3.8, 4) is 11.1 Å². The molecule has 6 nitrogen and oxygen atoms in total. The lowest BCUT2D eigenvalue weighted by Gasteiger charge is -2.08. The molecule has 2 aromatic rings. The van der Waals surface area contributed by atoms with Gasteiger partial charge in [0.05, 0.1) is 24.3 Å². The standard InChI is InChI=1S/C38H58O6/c39-29-17-13-9-5-1-3-7-11-15-19-31-43-37(41)35-25-21-33(22-26-35)34-23-27-36(28-24-34)38(42)44-32-20-16-12-8-4-2-6-10-14-18-30-40/h21-28,39-40H,1-20,29-32H2.